The van der Waals surface area contributed by atoms with Gasteiger partial charge in [0.05, 0.1) is 6.20 Å². The van der Waals surface area contributed by atoms with Crippen LogP contribution in [-0.2, 0) is 6.54 Å². The van der Waals surface area contributed by atoms with Crippen LogP contribution in [0, 0.1) is 0 Å². The van der Waals surface area contributed by atoms with Crippen molar-refractivity contribution in [3.05, 3.63) is 24.4 Å². The van der Waals surface area contributed by atoms with Crippen molar-refractivity contribution >= 4 is 28.5 Å². The van der Waals surface area contributed by atoms with Gasteiger partial charge in [-0.25, -0.2) is 9.67 Å². The fourth-order valence-corrected chi connectivity index (χ4v) is 2.42. The molecule has 0 aliphatic rings. The summed E-state index contributed by atoms with van der Waals surface area (Å²) in [6.07, 6.45) is 1.69. The van der Waals surface area contributed by atoms with Gasteiger partial charge in [0, 0.05) is 18.3 Å². The summed E-state index contributed by atoms with van der Waals surface area (Å²) in [6, 6.07) is 5.41. The molecule has 0 bridgehead atoms. The molecule has 2 aromatic heterocycles. The molecule has 18 heavy (non-hydrogen) atoms. The molecular formula is C11H11N5OS. The molecule has 3 rings (SSSR count). The second kappa shape index (κ2) is 4.34. The molecule has 0 amide bonds. The quantitative estimate of drug-likeness (QED) is 0.727. The zero-order valence-corrected chi connectivity index (χ0v) is 10.5. The minimum absolute atomic E-state index is 0.563. The Morgan fingerprint density at radius 2 is 2.33 bits per heavy atom. The fraction of sp³-hybridized carbons (Fsp3) is 0.182. The lowest BCUT2D eigenvalue weighted by Crippen LogP contribution is -1.97. The van der Waals surface area contributed by atoms with E-state index in [9.17, 15) is 0 Å². The summed E-state index contributed by atoms with van der Waals surface area (Å²) < 4.78 is 7.41. The predicted molar refractivity (Wildman–Crippen MR) is 68.2 cm³/mol. The largest absolute Gasteiger partial charge is 0.431 e. The van der Waals surface area contributed by atoms with Crippen molar-refractivity contribution in [3.8, 4) is 0 Å². The average molecular weight is 261 g/mol. The van der Waals surface area contributed by atoms with Crippen molar-refractivity contribution in [1.82, 2.24) is 20.0 Å². The Hall–Kier alpha value is -2.02. The molecule has 92 valence electrons. The molecule has 1 aromatic carbocycles. The first-order valence-corrected chi connectivity index (χ1v) is 6.30. The van der Waals surface area contributed by atoms with Crippen LogP contribution in [-0.4, -0.2) is 20.0 Å². The standard InChI is InChI=1S/C11H11N5OS/c1-2-16-10(6-13-15-16)18-11-14-8-4-3-7(12)5-9(8)17-11/h3-6H,2,12H2,1H3. The van der Waals surface area contributed by atoms with Crippen LogP contribution in [0.25, 0.3) is 11.1 Å². The van der Waals surface area contributed by atoms with Crippen LogP contribution < -0.4 is 5.73 Å². The fourth-order valence-electron chi connectivity index (χ4n) is 1.60. The number of benzene rings is 1. The zero-order chi connectivity index (χ0) is 12.5. The van der Waals surface area contributed by atoms with Gasteiger partial charge in [-0.15, -0.1) is 5.10 Å². The summed E-state index contributed by atoms with van der Waals surface area (Å²) in [7, 11) is 0. The topological polar surface area (TPSA) is 82.8 Å². The number of nitrogens with two attached hydrogens (primary N) is 1. The first-order chi connectivity index (χ1) is 8.76. The Bertz CT molecular complexity index is 690. The molecule has 2 N–H and O–H groups in total. The first kappa shape index (κ1) is 11.1. The molecule has 0 atom stereocenters. The monoisotopic (exact) mass is 261 g/mol. The Balaban J connectivity index is 1.95. The van der Waals surface area contributed by atoms with Gasteiger partial charge in [0.2, 0.25) is 0 Å². The number of nitrogen functional groups attached to an aromatic ring is 1. The molecule has 0 saturated heterocycles. The van der Waals surface area contributed by atoms with E-state index in [1.165, 1.54) is 11.8 Å². The number of aromatic nitrogens is 4. The summed E-state index contributed by atoms with van der Waals surface area (Å²) in [5, 5.41) is 9.28. The number of aryl methyl sites for hydroxylation is 1. The summed E-state index contributed by atoms with van der Waals surface area (Å²) in [4.78, 5) is 4.38. The smallest absolute Gasteiger partial charge is 0.263 e. The van der Waals surface area contributed by atoms with Crippen molar-refractivity contribution in [3.63, 3.8) is 0 Å². The summed E-state index contributed by atoms with van der Waals surface area (Å²) in [6.45, 7) is 2.76. The van der Waals surface area contributed by atoms with Crippen molar-refractivity contribution in [2.75, 3.05) is 5.73 Å². The maximum atomic E-state index is 5.70. The number of hydrogen-bond donors (Lipinski definition) is 1. The Morgan fingerprint density at radius 3 is 3.17 bits per heavy atom. The van der Waals surface area contributed by atoms with E-state index in [0.717, 1.165) is 17.1 Å². The lowest BCUT2D eigenvalue weighted by atomic mass is 10.3. The molecule has 3 aromatic rings. The highest BCUT2D eigenvalue weighted by molar-refractivity contribution is 7.99. The van der Waals surface area contributed by atoms with Crippen LogP contribution in [0.2, 0.25) is 0 Å². The van der Waals surface area contributed by atoms with Crippen molar-refractivity contribution in [2.45, 2.75) is 23.7 Å². The van der Waals surface area contributed by atoms with Gasteiger partial charge < -0.3 is 10.2 Å². The van der Waals surface area contributed by atoms with Gasteiger partial charge in [-0.3, -0.25) is 0 Å². The number of hydrogen-bond acceptors (Lipinski definition) is 6. The highest BCUT2D eigenvalue weighted by Crippen LogP contribution is 2.29. The third-order valence-electron chi connectivity index (χ3n) is 2.47. The van der Waals surface area contributed by atoms with E-state index in [-0.39, 0.29) is 0 Å². The number of nitrogens with zero attached hydrogens (tertiary/aromatic N) is 4. The van der Waals surface area contributed by atoms with Gasteiger partial charge in [-0.2, -0.15) is 0 Å². The maximum absolute atomic E-state index is 5.70. The summed E-state index contributed by atoms with van der Waals surface area (Å²) >= 11 is 1.40. The number of anilines is 1. The number of fused-ring (bicyclic) bond motifs is 1. The van der Waals surface area contributed by atoms with E-state index in [1.54, 1.807) is 23.0 Å². The third-order valence-corrected chi connectivity index (χ3v) is 3.34. The van der Waals surface area contributed by atoms with E-state index in [1.807, 2.05) is 13.0 Å². The lowest BCUT2D eigenvalue weighted by Gasteiger charge is -1.98. The van der Waals surface area contributed by atoms with Crippen LogP contribution in [0.1, 0.15) is 6.92 Å². The first-order valence-electron chi connectivity index (χ1n) is 5.48. The number of rotatable bonds is 3. The predicted octanol–water partition coefficient (Wildman–Crippen LogP) is 2.17. The molecule has 0 unspecified atom stereocenters. The molecule has 7 heteroatoms. The van der Waals surface area contributed by atoms with Gasteiger partial charge in [-0.05, 0) is 30.8 Å². The third kappa shape index (κ3) is 1.92. The molecule has 0 saturated carbocycles. The van der Waals surface area contributed by atoms with E-state index in [0.29, 0.717) is 16.5 Å². The zero-order valence-electron chi connectivity index (χ0n) is 9.70. The van der Waals surface area contributed by atoms with E-state index >= 15 is 0 Å². The van der Waals surface area contributed by atoms with Crippen LogP contribution in [0.5, 0.6) is 0 Å². The van der Waals surface area contributed by atoms with E-state index in [4.69, 9.17) is 10.2 Å². The molecule has 0 spiro atoms. The molecule has 0 aliphatic heterocycles. The molecular weight excluding hydrogens is 250 g/mol. The average Bonchev–Trinajstić information content (AvgIpc) is 2.94. The summed E-state index contributed by atoms with van der Waals surface area (Å²) in [5.41, 5.74) is 7.84. The van der Waals surface area contributed by atoms with Crippen molar-refractivity contribution < 1.29 is 4.42 Å². The van der Waals surface area contributed by atoms with Gasteiger partial charge >= 0.3 is 0 Å². The van der Waals surface area contributed by atoms with E-state index in [2.05, 4.69) is 15.3 Å². The minimum Gasteiger partial charge on any atom is -0.431 e. The van der Waals surface area contributed by atoms with Crippen molar-refractivity contribution in [2.24, 2.45) is 0 Å². The lowest BCUT2D eigenvalue weighted by molar-refractivity contribution is 0.487. The highest BCUT2D eigenvalue weighted by atomic mass is 32.2. The van der Waals surface area contributed by atoms with Crippen molar-refractivity contribution in [1.29, 1.82) is 0 Å². The maximum Gasteiger partial charge on any atom is 0.263 e. The van der Waals surface area contributed by atoms with Crippen LogP contribution >= 0.6 is 11.8 Å². The van der Waals surface area contributed by atoms with Gasteiger partial charge in [0.25, 0.3) is 5.22 Å². The van der Waals surface area contributed by atoms with Gasteiger partial charge in [0.15, 0.2) is 5.58 Å². The highest BCUT2D eigenvalue weighted by Gasteiger charge is 2.11. The molecule has 6 nitrogen and oxygen atoms in total. The summed E-state index contributed by atoms with van der Waals surface area (Å²) in [5.74, 6) is 0. The Labute approximate surface area is 107 Å². The molecule has 0 fully saturated rings. The second-order valence-electron chi connectivity index (χ2n) is 3.70. The second-order valence-corrected chi connectivity index (χ2v) is 4.67. The number of oxazole rings is 1. The Morgan fingerprint density at radius 1 is 1.44 bits per heavy atom. The molecule has 0 aliphatic carbocycles. The molecule has 0 radical (unpaired) electrons. The van der Waals surface area contributed by atoms with Crippen LogP contribution in [0.4, 0.5) is 5.69 Å². The van der Waals surface area contributed by atoms with Gasteiger partial charge in [-0.1, -0.05) is 5.21 Å². The Kier molecular flexibility index (Phi) is 2.67. The minimum atomic E-state index is 0.563. The molecule has 2 heterocycles. The van der Waals surface area contributed by atoms with Crippen LogP contribution in [0.3, 0.4) is 0 Å². The SMILES string of the molecule is CCn1nncc1Sc1nc2ccc(N)cc2o1. The van der Waals surface area contributed by atoms with Gasteiger partial charge in [0.1, 0.15) is 10.5 Å². The normalized spacial score (nSPS) is 11.2. The van der Waals surface area contributed by atoms with Crippen LogP contribution in [0.15, 0.2) is 39.1 Å². The van der Waals surface area contributed by atoms with E-state index < -0.39 is 0 Å².